The van der Waals surface area contributed by atoms with Crippen LogP contribution in [0.25, 0.3) is 0 Å². The molecule has 1 saturated heterocycles. The number of piperidine rings is 1. The summed E-state index contributed by atoms with van der Waals surface area (Å²) in [6, 6.07) is 7.80. The van der Waals surface area contributed by atoms with E-state index in [2.05, 4.69) is 5.32 Å². The summed E-state index contributed by atoms with van der Waals surface area (Å²) >= 11 is 1.35. The molecule has 0 bridgehead atoms. The lowest BCUT2D eigenvalue weighted by atomic mass is 9.97. The van der Waals surface area contributed by atoms with Gasteiger partial charge in [-0.15, -0.1) is 11.8 Å². The van der Waals surface area contributed by atoms with E-state index < -0.39 is 11.2 Å². The Morgan fingerprint density at radius 1 is 1.23 bits per heavy atom. The van der Waals surface area contributed by atoms with Gasteiger partial charge in [-0.05, 0) is 45.2 Å². The first-order valence-electron chi connectivity index (χ1n) is 8.99. The SMILES string of the molecule is C[C@@H]1CCC[C@@H](C)N1C(=O)COC(=O)C[C@H]1Sc2ccccc2NC1=O. The molecular weight excluding hydrogens is 352 g/mol. The number of carbonyl (C=O) groups excluding carboxylic acids is 3. The van der Waals surface area contributed by atoms with Crippen molar-refractivity contribution in [2.24, 2.45) is 0 Å². The number of thioether (sulfide) groups is 1. The molecule has 1 N–H and O–H groups in total. The number of rotatable bonds is 4. The highest BCUT2D eigenvalue weighted by atomic mass is 32.2. The predicted molar refractivity (Wildman–Crippen MR) is 99.9 cm³/mol. The van der Waals surface area contributed by atoms with E-state index in [9.17, 15) is 14.4 Å². The average molecular weight is 376 g/mol. The van der Waals surface area contributed by atoms with Crippen LogP contribution in [-0.4, -0.2) is 46.6 Å². The van der Waals surface area contributed by atoms with Crippen molar-refractivity contribution in [3.8, 4) is 0 Å². The first-order valence-corrected chi connectivity index (χ1v) is 9.87. The third-order valence-corrected chi connectivity index (χ3v) is 6.17. The summed E-state index contributed by atoms with van der Waals surface area (Å²) in [7, 11) is 0. The van der Waals surface area contributed by atoms with E-state index in [1.165, 1.54) is 11.8 Å². The van der Waals surface area contributed by atoms with Crippen molar-refractivity contribution < 1.29 is 19.1 Å². The minimum Gasteiger partial charge on any atom is -0.456 e. The molecule has 140 valence electrons. The van der Waals surface area contributed by atoms with Crippen molar-refractivity contribution in [3.63, 3.8) is 0 Å². The lowest BCUT2D eigenvalue weighted by Crippen LogP contribution is -2.49. The largest absolute Gasteiger partial charge is 0.456 e. The highest BCUT2D eigenvalue weighted by Crippen LogP contribution is 2.36. The number of para-hydroxylation sites is 1. The third-order valence-electron chi connectivity index (χ3n) is 4.90. The fourth-order valence-electron chi connectivity index (χ4n) is 3.57. The van der Waals surface area contributed by atoms with Gasteiger partial charge in [0.1, 0.15) is 0 Å². The van der Waals surface area contributed by atoms with Gasteiger partial charge in [-0.25, -0.2) is 0 Å². The molecule has 0 aliphatic carbocycles. The number of hydrogen-bond donors (Lipinski definition) is 1. The van der Waals surface area contributed by atoms with Crippen molar-refractivity contribution in [2.75, 3.05) is 11.9 Å². The van der Waals surface area contributed by atoms with E-state index in [4.69, 9.17) is 4.74 Å². The topological polar surface area (TPSA) is 75.7 Å². The normalized spacial score (nSPS) is 25.2. The quantitative estimate of drug-likeness (QED) is 0.818. The Bertz CT molecular complexity index is 699. The molecule has 6 nitrogen and oxygen atoms in total. The summed E-state index contributed by atoms with van der Waals surface area (Å²) in [5.41, 5.74) is 0.760. The molecule has 0 radical (unpaired) electrons. The van der Waals surface area contributed by atoms with E-state index in [1.807, 2.05) is 43.0 Å². The maximum Gasteiger partial charge on any atom is 0.307 e. The summed E-state index contributed by atoms with van der Waals surface area (Å²) in [5, 5.41) is 2.26. The number of amides is 2. The lowest BCUT2D eigenvalue weighted by molar-refractivity contribution is -0.155. The van der Waals surface area contributed by atoms with Gasteiger partial charge in [-0.1, -0.05) is 12.1 Å². The van der Waals surface area contributed by atoms with Crippen LogP contribution in [0.15, 0.2) is 29.2 Å². The minimum absolute atomic E-state index is 0.0524. The van der Waals surface area contributed by atoms with Crippen molar-refractivity contribution in [3.05, 3.63) is 24.3 Å². The molecular formula is C19H24N2O4S. The van der Waals surface area contributed by atoms with Crippen LogP contribution in [0.2, 0.25) is 0 Å². The average Bonchev–Trinajstić information content (AvgIpc) is 2.60. The van der Waals surface area contributed by atoms with Gasteiger partial charge in [-0.3, -0.25) is 14.4 Å². The zero-order chi connectivity index (χ0) is 18.7. The molecule has 26 heavy (non-hydrogen) atoms. The summed E-state index contributed by atoms with van der Waals surface area (Å²) in [4.78, 5) is 39.4. The van der Waals surface area contributed by atoms with Crippen molar-refractivity contribution in [1.82, 2.24) is 4.90 Å². The molecule has 0 aromatic heterocycles. The van der Waals surface area contributed by atoms with Crippen LogP contribution in [0.4, 0.5) is 5.69 Å². The van der Waals surface area contributed by atoms with Gasteiger partial charge in [-0.2, -0.15) is 0 Å². The molecule has 0 unspecified atom stereocenters. The number of nitrogens with zero attached hydrogens (tertiary/aromatic N) is 1. The standard InChI is InChI=1S/C19H24N2O4S/c1-12-6-5-7-13(2)21(12)17(22)11-25-18(23)10-16-19(24)20-14-8-3-4-9-15(14)26-16/h3-4,8-9,12-13,16H,5-7,10-11H2,1-2H3,(H,20,24)/t12-,13-,16-/m1/s1. The van der Waals surface area contributed by atoms with Crippen LogP contribution in [0.3, 0.4) is 0 Å². The number of ether oxygens (including phenoxy) is 1. The first kappa shape index (κ1) is 18.8. The number of esters is 1. The molecule has 2 aliphatic heterocycles. The van der Waals surface area contributed by atoms with Crippen LogP contribution >= 0.6 is 11.8 Å². The molecule has 7 heteroatoms. The van der Waals surface area contributed by atoms with E-state index in [0.29, 0.717) is 0 Å². The zero-order valence-corrected chi connectivity index (χ0v) is 15.9. The van der Waals surface area contributed by atoms with Gasteiger partial charge in [0.05, 0.1) is 17.4 Å². The number of nitrogens with one attached hydrogen (secondary N) is 1. The molecule has 1 aromatic rings. The molecule has 3 rings (SSSR count). The molecule has 3 atom stereocenters. The molecule has 0 spiro atoms. The Balaban J connectivity index is 1.51. The summed E-state index contributed by atoms with van der Waals surface area (Å²) < 4.78 is 5.17. The van der Waals surface area contributed by atoms with E-state index >= 15 is 0 Å². The van der Waals surface area contributed by atoms with Crippen LogP contribution in [0, 0.1) is 0 Å². The number of likely N-dealkylation sites (tertiary alicyclic amines) is 1. The second-order valence-corrected chi connectivity index (χ2v) is 8.13. The predicted octanol–water partition coefficient (Wildman–Crippen LogP) is 2.82. The second-order valence-electron chi connectivity index (χ2n) is 6.89. The van der Waals surface area contributed by atoms with Gasteiger partial charge >= 0.3 is 5.97 Å². The molecule has 1 fully saturated rings. The van der Waals surface area contributed by atoms with E-state index in [1.54, 1.807) is 0 Å². The summed E-state index contributed by atoms with van der Waals surface area (Å²) in [6.07, 6.45) is 3.01. The van der Waals surface area contributed by atoms with Gasteiger partial charge in [0, 0.05) is 17.0 Å². The van der Waals surface area contributed by atoms with Crippen LogP contribution < -0.4 is 5.32 Å². The number of hydrogen-bond acceptors (Lipinski definition) is 5. The Hall–Kier alpha value is -2.02. The molecule has 2 amide bonds. The van der Waals surface area contributed by atoms with Crippen molar-refractivity contribution in [1.29, 1.82) is 0 Å². The molecule has 2 heterocycles. The molecule has 0 saturated carbocycles. The van der Waals surface area contributed by atoms with Crippen molar-refractivity contribution in [2.45, 2.75) is 61.8 Å². The Morgan fingerprint density at radius 3 is 2.65 bits per heavy atom. The maximum absolute atomic E-state index is 12.4. The minimum atomic E-state index is -0.541. The summed E-state index contributed by atoms with van der Waals surface area (Å²) in [6.45, 7) is 3.79. The summed E-state index contributed by atoms with van der Waals surface area (Å²) in [5.74, 6) is -0.901. The van der Waals surface area contributed by atoms with Gasteiger partial charge < -0.3 is 15.0 Å². The van der Waals surface area contributed by atoms with Gasteiger partial charge in [0.2, 0.25) is 5.91 Å². The highest BCUT2D eigenvalue weighted by molar-refractivity contribution is 8.01. The zero-order valence-electron chi connectivity index (χ0n) is 15.1. The second kappa shape index (κ2) is 8.12. The molecule has 1 aromatic carbocycles. The van der Waals surface area contributed by atoms with Crippen LogP contribution in [0.1, 0.15) is 39.5 Å². The number of carbonyl (C=O) groups is 3. The Kier molecular flexibility index (Phi) is 5.86. The van der Waals surface area contributed by atoms with E-state index in [-0.39, 0.29) is 36.9 Å². The van der Waals surface area contributed by atoms with Gasteiger partial charge in [0.25, 0.3) is 5.91 Å². The van der Waals surface area contributed by atoms with Crippen LogP contribution in [-0.2, 0) is 19.1 Å². The van der Waals surface area contributed by atoms with Crippen LogP contribution in [0.5, 0.6) is 0 Å². The monoisotopic (exact) mass is 376 g/mol. The number of fused-ring (bicyclic) bond motifs is 1. The van der Waals surface area contributed by atoms with Gasteiger partial charge in [0.15, 0.2) is 6.61 Å². The Labute approximate surface area is 157 Å². The number of anilines is 1. The maximum atomic E-state index is 12.4. The molecule has 2 aliphatic rings. The number of benzene rings is 1. The van der Waals surface area contributed by atoms with Crippen molar-refractivity contribution >= 4 is 35.2 Å². The smallest absolute Gasteiger partial charge is 0.307 e. The fraction of sp³-hybridized carbons (Fsp3) is 0.526. The fourth-order valence-corrected chi connectivity index (χ4v) is 4.66. The van der Waals surface area contributed by atoms with E-state index in [0.717, 1.165) is 29.8 Å². The Morgan fingerprint density at radius 2 is 1.92 bits per heavy atom. The third kappa shape index (κ3) is 4.20. The lowest BCUT2D eigenvalue weighted by Gasteiger charge is -2.38. The highest BCUT2D eigenvalue weighted by Gasteiger charge is 2.31. The first-order chi connectivity index (χ1) is 12.5.